The fourth-order valence-electron chi connectivity index (χ4n) is 2.79. The lowest BCUT2D eigenvalue weighted by atomic mass is 10.1. The topological polar surface area (TPSA) is 39.9 Å². The molecule has 1 aromatic carbocycles. The number of rotatable bonds is 7. The number of nitrogens with zero attached hydrogens (tertiary/aromatic N) is 3. The number of benzene rings is 1. The van der Waals surface area contributed by atoms with E-state index in [-0.39, 0.29) is 0 Å². The van der Waals surface area contributed by atoms with Gasteiger partial charge in [-0.1, -0.05) is 46.5 Å². The second kappa shape index (κ2) is 7.92. The average Bonchev–Trinajstić information content (AvgIpc) is 2.94. The third-order valence-corrected chi connectivity index (χ3v) is 5.29. The summed E-state index contributed by atoms with van der Waals surface area (Å²) in [5.41, 5.74) is 4.92. The first-order valence-corrected chi connectivity index (χ1v) is 9.73. The van der Waals surface area contributed by atoms with Crippen LogP contribution in [0.5, 0.6) is 0 Å². The van der Waals surface area contributed by atoms with E-state index in [0.717, 1.165) is 39.2 Å². The van der Waals surface area contributed by atoms with E-state index >= 15 is 0 Å². The zero-order valence-corrected chi connectivity index (χ0v) is 15.7. The number of halogens is 1. The molecule has 6 heteroatoms. The second-order valence-electron chi connectivity index (χ2n) is 5.90. The second-order valence-corrected chi connectivity index (χ2v) is 7.61. The molecule has 0 unspecified atom stereocenters. The Morgan fingerprint density at radius 1 is 1.17 bits per heavy atom. The molecular weight excluding hydrogens is 338 g/mol. The molecule has 0 amide bonds. The van der Waals surface area contributed by atoms with E-state index in [2.05, 4.69) is 42.0 Å². The van der Waals surface area contributed by atoms with E-state index in [4.69, 9.17) is 16.3 Å². The maximum atomic E-state index is 6.05. The Morgan fingerprint density at radius 2 is 1.96 bits per heavy atom. The predicted octanol–water partition coefficient (Wildman–Crippen LogP) is 4.00. The maximum Gasteiger partial charge on any atom is 0.146 e. The van der Waals surface area contributed by atoms with Crippen LogP contribution in [0.3, 0.4) is 0 Å². The smallest absolute Gasteiger partial charge is 0.146 e. The Balaban J connectivity index is 1.43. The van der Waals surface area contributed by atoms with Crippen LogP contribution in [0.1, 0.15) is 16.7 Å². The highest BCUT2D eigenvalue weighted by Crippen LogP contribution is 2.19. The number of hydrogen-bond donors (Lipinski definition) is 0. The van der Waals surface area contributed by atoms with Gasteiger partial charge in [0.25, 0.3) is 0 Å². The lowest BCUT2D eigenvalue weighted by Gasteiger charge is -2.07. The molecule has 2 heterocycles. The number of ether oxygens (including phenoxy) is 1. The van der Waals surface area contributed by atoms with Gasteiger partial charge in [-0.15, -0.1) is 0 Å². The van der Waals surface area contributed by atoms with Crippen LogP contribution in [0.25, 0.3) is 11.0 Å². The molecule has 0 aliphatic heterocycles. The average molecular weight is 358 g/mol. The number of aromatic nitrogens is 3. The molecule has 3 rings (SSSR count). The van der Waals surface area contributed by atoms with Crippen molar-refractivity contribution in [2.24, 2.45) is 0 Å². The summed E-state index contributed by atoms with van der Waals surface area (Å²) in [5.74, 6) is 0. The minimum absolute atomic E-state index is 0.480. The van der Waals surface area contributed by atoms with Crippen LogP contribution in [0, 0.1) is 13.8 Å². The molecule has 0 spiro atoms. The molecule has 0 N–H and O–H groups in total. The summed E-state index contributed by atoms with van der Waals surface area (Å²) in [6.45, 7) is 5.55. The lowest BCUT2D eigenvalue weighted by Crippen LogP contribution is -2.06. The Hall–Kier alpha value is -1.69. The van der Waals surface area contributed by atoms with Crippen molar-refractivity contribution in [1.82, 2.24) is 14.5 Å². The third-order valence-electron chi connectivity index (χ3n) is 3.77. The van der Waals surface area contributed by atoms with Crippen LogP contribution in [0.4, 0.5) is 0 Å². The van der Waals surface area contributed by atoms with E-state index in [1.54, 1.807) is 0 Å². The van der Waals surface area contributed by atoms with E-state index in [1.165, 1.54) is 23.0 Å². The standard InChI is InChI=1S/C18H20ClN3OSi/c1-13-7-14(2)9-15(8-13)10-24-6-5-23-12-22-4-3-16-17(19)20-11-21-18(16)22/h3-4,7-9,11H,5-6,10,12H2,1-2H3. The summed E-state index contributed by atoms with van der Waals surface area (Å²) in [4.78, 5) is 8.25. The summed E-state index contributed by atoms with van der Waals surface area (Å²) < 4.78 is 7.73. The molecule has 0 aliphatic rings. The summed E-state index contributed by atoms with van der Waals surface area (Å²) in [6, 6.07) is 10.9. The number of fused-ring (bicyclic) bond motifs is 1. The largest absolute Gasteiger partial charge is 0.361 e. The zero-order chi connectivity index (χ0) is 16.9. The minimum atomic E-state index is 0.480. The Labute approximate surface area is 149 Å². The molecule has 0 aliphatic carbocycles. The molecule has 2 radical (unpaired) electrons. The van der Waals surface area contributed by atoms with Gasteiger partial charge in [0.05, 0.1) is 5.39 Å². The quantitative estimate of drug-likeness (QED) is 0.364. The highest BCUT2D eigenvalue weighted by molar-refractivity contribution is 6.35. The van der Waals surface area contributed by atoms with Gasteiger partial charge in [0.2, 0.25) is 0 Å². The van der Waals surface area contributed by atoms with Crippen LogP contribution in [0.2, 0.25) is 11.2 Å². The summed E-state index contributed by atoms with van der Waals surface area (Å²) >= 11 is 6.05. The van der Waals surface area contributed by atoms with Gasteiger partial charge < -0.3 is 9.30 Å². The SMILES string of the molecule is Cc1cc(C)cc(C[Si]CCOCn2ccc3c(Cl)ncnc32)c1. The van der Waals surface area contributed by atoms with E-state index in [0.29, 0.717) is 11.9 Å². The molecule has 0 bridgehead atoms. The van der Waals surface area contributed by atoms with Crippen molar-refractivity contribution in [2.75, 3.05) is 6.61 Å². The highest BCUT2D eigenvalue weighted by atomic mass is 35.5. The predicted molar refractivity (Wildman–Crippen MR) is 98.7 cm³/mol. The van der Waals surface area contributed by atoms with Crippen molar-refractivity contribution in [3.63, 3.8) is 0 Å². The van der Waals surface area contributed by atoms with Crippen LogP contribution < -0.4 is 0 Å². The van der Waals surface area contributed by atoms with Gasteiger partial charge in [0.15, 0.2) is 0 Å². The van der Waals surface area contributed by atoms with Gasteiger partial charge in [-0.2, -0.15) is 0 Å². The zero-order valence-electron chi connectivity index (χ0n) is 13.9. The molecule has 4 nitrogen and oxygen atoms in total. The van der Waals surface area contributed by atoms with Gasteiger partial charge in [-0.05, 0) is 32.0 Å². The summed E-state index contributed by atoms with van der Waals surface area (Å²) in [7, 11) is 0.876. The molecule has 0 saturated carbocycles. The van der Waals surface area contributed by atoms with Crippen molar-refractivity contribution in [1.29, 1.82) is 0 Å². The number of hydrogen-bond acceptors (Lipinski definition) is 3. The lowest BCUT2D eigenvalue weighted by molar-refractivity contribution is 0.0904. The molecule has 0 saturated heterocycles. The van der Waals surface area contributed by atoms with Gasteiger partial charge in [-0.3, -0.25) is 0 Å². The molecule has 0 atom stereocenters. The van der Waals surface area contributed by atoms with Gasteiger partial charge >= 0.3 is 0 Å². The minimum Gasteiger partial charge on any atom is -0.361 e. The highest BCUT2D eigenvalue weighted by Gasteiger charge is 2.06. The Bertz CT molecular complexity index is 814. The first-order chi connectivity index (χ1) is 11.6. The molecular formula is C18H20ClN3OSi. The monoisotopic (exact) mass is 357 g/mol. The van der Waals surface area contributed by atoms with E-state index in [1.807, 2.05) is 16.8 Å². The first kappa shape index (κ1) is 17.1. The normalized spacial score (nSPS) is 11.3. The van der Waals surface area contributed by atoms with Crippen LogP contribution in [-0.2, 0) is 17.5 Å². The van der Waals surface area contributed by atoms with Gasteiger partial charge in [0, 0.05) is 22.3 Å². The van der Waals surface area contributed by atoms with Crippen molar-refractivity contribution in [3.05, 3.63) is 58.6 Å². The van der Waals surface area contributed by atoms with Crippen LogP contribution >= 0.6 is 11.6 Å². The fraction of sp³-hybridized carbons (Fsp3) is 0.333. The molecule has 0 fully saturated rings. The third kappa shape index (κ3) is 4.23. The van der Waals surface area contributed by atoms with Crippen molar-refractivity contribution >= 4 is 32.2 Å². The maximum absolute atomic E-state index is 6.05. The summed E-state index contributed by atoms with van der Waals surface area (Å²) in [6.07, 6.45) is 3.41. The van der Waals surface area contributed by atoms with Crippen LogP contribution in [-0.4, -0.2) is 30.7 Å². The van der Waals surface area contributed by atoms with Crippen LogP contribution in [0.15, 0.2) is 36.8 Å². The van der Waals surface area contributed by atoms with Crippen molar-refractivity contribution in [2.45, 2.75) is 32.7 Å². The van der Waals surface area contributed by atoms with E-state index in [9.17, 15) is 0 Å². The van der Waals surface area contributed by atoms with E-state index < -0.39 is 0 Å². The number of aryl methyl sites for hydroxylation is 2. The molecule has 2 aromatic heterocycles. The Kier molecular flexibility index (Phi) is 5.66. The molecule has 3 aromatic rings. The summed E-state index contributed by atoms with van der Waals surface area (Å²) in [5, 5.41) is 1.34. The molecule has 24 heavy (non-hydrogen) atoms. The Morgan fingerprint density at radius 3 is 2.75 bits per heavy atom. The van der Waals surface area contributed by atoms with Crippen molar-refractivity contribution in [3.8, 4) is 0 Å². The van der Waals surface area contributed by atoms with Gasteiger partial charge in [-0.25, -0.2) is 9.97 Å². The first-order valence-electron chi connectivity index (χ1n) is 7.94. The molecule has 124 valence electrons. The van der Waals surface area contributed by atoms with Gasteiger partial charge in [0.1, 0.15) is 23.9 Å². The van der Waals surface area contributed by atoms with Crippen molar-refractivity contribution < 1.29 is 4.74 Å². The fourth-order valence-corrected chi connectivity index (χ4v) is 3.94.